The minimum atomic E-state index is -0.598. The van der Waals surface area contributed by atoms with E-state index in [0.29, 0.717) is 49.1 Å². The molecule has 0 saturated carbocycles. The highest BCUT2D eigenvalue weighted by Gasteiger charge is 2.34. The van der Waals surface area contributed by atoms with E-state index in [1.165, 1.54) is 4.90 Å². The molecule has 1 aromatic carbocycles. The van der Waals surface area contributed by atoms with E-state index in [1.54, 1.807) is 18.2 Å². The minimum Gasteiger partial charge on any atom is -0.351 e. The molecule has 0 bridgehead atoms. The molecule has 2 aliphatic heterocycles. The fourth-order valence-corrected chi connectivity index (χ4v) is 4.68. The van der Waals surface area contributed by atoms with E-state index in [2.05, 4.69) is 35.1 Å². The second kappa shape index (κ2) is 8.51. The maximum Gasteiger partial charge on any atom is 0.315 e. The molecule has 3 atom stereocenters. The van der Waals surface area contributed by atoms with Crippen LogP contribution in [0.3, 0.4) is 0 Å². The van der Waals surface area contributed by atoms with Gasteiger partial charge in [-0.25, -0.2) is 4.79 Å². The summed E-state index contributed by atoms with van der Waals surface area (Å²) in [6.07, 6.45) is 2.41. The number of benzene rings is 1. The molecule has 152 valence electrons. The van der Waals surface area contributed by atoms with Crippen molar-refractivity contribution in [1.82, 2.24) is 9.80 Å². The van der Waals surface area contributed by atoms with Crippen LogP contribution in [0.2, 0.25) is 0 Å². The number of halogens is 1. The number of hydrogen-bond acceptors (Lipinski definition) is 3. The van der Waals surface area contributed by atoms with Crippen LogP contribution >= 0.6 is 15.9 Å². The molecule has 1 unspecified atom stereocenters. The number of nitrogens with two attached hydrogens (primary N) is 1. The Kier molecular flexibility index (Phi) is 6.27. The van der Waals surface area contributed by atoms with Gasteiger partial charge in [0.05, 0.1) is 11.3 Å². The van der Waals surface area contributed by atoms with Crippen molar-refractivity contribution >= 4 is 39.5 Å². The number of nitrogens with one attached hydrogen (secondary N) is 1. The number of carbonyl (C=O) groups is 3. The molecule has 0 aliphatic carbocycles. The summed E-state index contributed by atoms with van der Waals surface area (Å²) in [7, 11) is 0. The standard InChI is InChI=1S/C20H27BrN4O3/c1-12-8-13(2)11-24(10-12)19(27)15-9-14(21)5-6-16(15)23-18(26)17-4-3-7-25(17)20(22)28/h5-6,9,12-13,17H,3-4,7-8,10-11H2,1-2H3,(H2,22,28)(H,23,26)/t12-,13+,17?. The first kappa shape index (κ1) is 20.6. The smallest absolute Gasteiger partial charge is 0.315 e. The van der Waals surface area contributed by atoms with E-state index in [1.807, 2.05) is 4.90 Å². The van der Waals surface area contributed by atoms with Gasteiger partial charge in [-0.05, 0) is 49.3 Å². The van der Waals surface area contributed by atoms with E-state index in [-0.39, 0.29) is 11.8 Å². The number of piperidine rings is 1. The summed E-state index contributed by atoms with van der Waals surface area (Å²) in [5, 5.41) is 2.85. The second-order valence-corrected chi connectivity index (χ2v) is 8.94. The summed E-state index contributed by atoms with van der Waals surface area (Å²) in [4.78, 5) is 40.8. The fraction of sp³-hybridized carbons (Fsp3) is 0.550. The van der Waals surface area contributed by atoms with Crippen molar-refractivity contribution in [2.75, 3.05) is 25.0 Å². The molecule has 0 spiro atoms. The van der Waals surface area contributed by atoms with Crippen molar-refractivity contribution in [3.05, 3.63) is 28.2 Å². The molecule has 8 heteroatoms. The number of anilines is 1. The lowest BCUT2D eigenvalue weighted by Crippen LogP contribution is -2.46. The summed E-state index contributed by atoms with van der Waals surface area (Å²) >= 11 is 3.42. The lowest BCUT2D eigenvalue weighted by atomic mass is 9.91. The quantitative estimate of drug-likeness (QED) is 0.740. The molecule has 0 radical (unpaired) electrons. The Hall–Kier alpha value is -2.09. The number of rotatable bonds is 3. The largest absolute Gasteiger partial charge is 0.351 e. The Labute approximate surface area is 173 Å². The number of amides is 4. The molecule has 28 heavy (non-hydrogen) atoms. The number of urea groups is 1. The summed E-state index contributed by atoms with van der Waals surface area (Å²) in [6, 6.07) is 4.05. The van der Waals surface area contributed by atoms with Crippen LogP contribution in [-0.4, -0.2) is 53.3 Å². The number of hydrogen-bond donors (Lipinski definition) is 2. The SMILES string of the molecule is C[C@@H]1C[C@H](C)CN(C(=O)c2cc(Br)ccc2NC(=O)C2CCCN2C(N)=O)C1. The Morgan fingerprint density at radius 1 is 1.18 bits per heavy atom. The second-order valence-electron chi connectivity index (χ2n) is 8.02. The molecular formula is C20H27BrN4O3. The van der Waals surface area contributed by atoms with Crippen LogP contribution in [-0.2, 0) is 4.79 Å². The van der Waals surface area contributed by atoms with E-state index in [0.717, 1.165) is 17.3 Å². The first-order valence-corrected chi connectivity index (χ1v) is 10.5. The van der Waals surface area contributed by atoms with Gasteiger partial charge in [0.1, 0.15) is 6.04 Å². The molecule has 2 heterocycles. The van der Waals surface area contributed by atoms with Gasteiger partial charge in [0.25, 0.3) is 5.91 Å². The zero-order chi connectivity index (χ0) is 20.4. The van der Waals surface area contributed by atoms with Crippen molar-refractivity contribution in [3.8, 4) is 0 Å². The number of carbonyl (C=O) groups excluding carboxylic acids is 3. The minimum absolute atomic E-state index is 0.0896. The molecule has 2 aliphatic rings. The van der Waals surface area contributed by atoms with Crippen molar-refractivity contribution < 1.29 is 14.4 Å². The van der Waals surface area contributed by atoms with Gasteiger partial charge in [-0.15, -0.1) is 0 Å². The molecule has 3 rings (SSSR count). The highest BCUT2D eigenvalue weighted by Crippen LogP contribution is 2.28. The van der Waals surface area contributed by atoms with E-state index < -0.39 is 12.1 Å². The first-order chi connectivity index (χ1) is 13.3. The van der Waals surface area contributed by atoms with Gasteiger partial charge in [-0.2, -0.15) is 0 Å². The van der Waals surface area contributed by atoms with Gasteiger partial charge >= 0.3 is 6.03 Å². The third kappa shape index (κ3) is 4.48. The number of likely N-dealkylation sites (tertiary alicyclic amines) is 2. The van der Waals surface area contributed by atoms with Crippen LogP contribution in [0.5, 0.6) is 0 Å². The van der Waals surface area contributed by atoms with Gasteiger partial charge < -0.3 is 20.9 Å². The topological polar surface area (TPSA) is 95.7 Å². The van der Waals surface area contributed by atoms with E-state index >= 15 is 0 Å². The van der Waals surface area contributed by atoms with Gasteiger partial charge in [0.2, 0.25) is 5.91 Å². The lowest BCUT2D eigenvalue weighted by Gasteiger charge is -2.35. The zero-order valence-electron chi connectivity index (χ0n) is 16.3. The molecule has 2 fully saturated rings. The Morgan fingerprint density at radius 3 is 2.50 bits per heavy atom. The van der Waals surface area contributed by atoms with E-state index in [4.69, 9.17) is 5.73 Å². The van der Waals surface area contributed by atoms with Crippen molar-refractivity contribution in [3.63, 3.8) is 0 Å². The average Bonchev–Trinajstić information content (AvgIpc) is 3.12. The zero-order valence-corrected chi connectivity index (χ0v) is 17.9. The predicted molar refractivity (Wildman–Crippen MR) is 111 cm³/mol. The van der Waals surface area contributed by atoms with Crippen LogP contribution in [0.1, 0.15) is 43.5 Å². The van der Waals surface area contributed by atoms with Crippen LogP contribution in [0, 0.1) is 11.8 Å². The van der Waals surface area contributed by atoms with Gasteiger partial charge in [-0.3, -0.25) is 9.59 Å². The molecule has 1 aromatic rings. The van der Waals surface area contributed by atoms with E-state index in [9.17, 15) is 14.4 Å². The maximum atomic E-state index is 13.2. The van der Waals surface area contributed by atoms with Gasteiger partial charge in [-0.1, -0.05) is 29.8 Å². The average molecular weight is 451 g/mol. The predicted octanol–water partition coefficient (Wildman–Crippen LogP) is 3.05. The molecule has 7 nitrogen and oxygen atoms in total. The van der Waals surface area contributed by atoms with Crippen molar-refractivity contribution in [1.29, 1.82) is 0 Å². The van der Waals surface area contributed by atoms with Gasteiger partial charge in [0.15, 0.2) is 0 Å². The highest BCUT2D eigenvalue weighted by atomic mass is 79.9. The normalized spacial score (nSPS) is 24.9. The highest BCUT2D eigenvalue weighted by molar-refractivity contribution is 9.10. The Bertz CT molecular complexity index is 775. The Morgan fingerprint density at radius 2 is 1.86 bits per heavy atom. The number of nitrogens with zero attached hydrogens (tertiary/aromatic N) is 2. The third-order valence-electron chi connectivity index (χ3n) is 5.46. The molecule has 2 saturated heterocycles. The van der Waals surface area contributed by atoms with Gasteiger partial charge in [0, 0.05) is 24.1 Å². The Balaban J connectivity index is 1.82. The van der Waals surface area contributed by atoms with Crippen LogP contribution < -0.4 is 11.1 Å². The monoisotopic (exact) mass is 450 g/mol. The summed E-state index contributed by atoms with van der Waals surface area (Å²) < 4.78 is 0.770. The molecule has 0 aromatic heterocycles. The lowest BCUT2D eigenvalue weighted by molar-refractivity contribution is -0.119. The summed E-state index contributed by atoms with van der Waals surface area (Å²) in [5.41, 5.74) is 6.29. The van der Waals surface area contributed by atoms with Crippen molar-refractivity contribution in [2.45, 2.75) is 39.2 Å². The number of primary amides is 1. The molecule has 3 N–H and O–H groups in total. The maximum absolute atomic E-state index is 13.2. The summed E-state index contributed by atoms with van der Waals surface area (Å²) in [5.74, 6) is 0.488. The fourth-order valence-electron chi connectivity index (χ4n) is 4.32. The van der Waals surface area contributed by atoms with Crippen LogP contribution in [0.4, 0.5) is 10.5 Å². The van der Waals surface area contributed by atoms with Crippen molar-refractivity contribution in [2.24, 2.45) is 17.6 Å². The molecule has 4 amide bonds. The van der Waals surface area contributed by atoms with Crippen LogP contribution in [0.15, 0.2) is 22.7 Å². The first-order valence-electron chi connectivity index (χ1n) is 9.72. The van der Waals surface area contributed by atoms with Crippen LogP contribution in [0.25, 0.3) is 0 Å². The molecular weight excluding hydrogens is 424 g/mol. The third-order valence-corrected chi connectivity index (χ3v) is 5.96. The summed E-state index contributed by atoms with van der Waals surface area (Å²) in [6.45, 7) is 6.20.